The number of nitrogens with zero attached hydrogens (tertiary/aromatic N) is 3. The van der Waals surface area contributed by atoms with Gasteiger partial charge in [0.1, 0.15) is 17.5 Å². The number of carbonyl (C=O) groups is 1. The van der Waals surface area contributed by atoms with Crippen molar-refractivity contribution < 1.29 is 17.6 Å². The number of fused-ring (bicyclic) bond motifs is 1. The zero-order valence-electron chi connectivity index (χ0n) is 17.2. The Kier molecular flexibility index (Phi) is 5.42. The number of hydrogen-bond donors (Lipinski definition) is 2. The molecule has 0 saturated carbocycles. The van der Waals surface area contributed by atoms with Gasteiger partial charge in [-0.2, -0.15) is 0 Å². The predicted octanol–water partition coefficient (Wildman–Crippen LogP) is 1.46. The van der Waals surface area contributed by atoms with E-state index in [1.807, 2.05) is 7.05 Å². The van der Waals surface area contributed by atoms with E-state index in [0.717, 1.165) is 25.9 Å². The van der Waals surface area contributed by atoms with Crippen molar-refractivity contribution in [1.82, 2.24) is 14.5 Å². The summed E-state index contributed by atoms with van der Waals surface area (Å²) in [6.07, 6.45) is 3.12. The summed E-state index contributed by atoms with van der Waals surface area (Å²) < 4.78 is 29.9. The monoisotopic (exact) mass is 445 g/mol. The molecule has 1 saturated heterocycles. The lowest BCUT2D eigenvalue weighted by Gasteiger charge is -2.29. The number of likely N-dealkylation sites (tertiary alicyclic amines) is 1. The number of primary sulfonamides is 1. The zero-order valence-corrected chi connectivity index (χ0v) is 18.0. The fourth-order valence-electron chi connectivity index (χ4n) is 3.84. The summed E-state index contributed by atoms with van der Waals surface area (Å²) in [5.74, 6) is -0.265. The third-order valence-corrected chi connectivity index (χ3v) is 6.49. The average molecular weight is 446 g/mol. The van der Waals surface area contributed by atoms with Crippen LogP contribution in [0.3, 0.4) is 0 Å². The van der Waals surface area contributed by atoms with Crippen LogP contribution in [0, 0.1) is 6.92 Å². The number of aromatic nitrogens is 2. The molecule has 3 heterocycles. The van der Waals surface area contributed by atoms with Gasteiger partial charge in [-0.15, -0.1) is 0 Å². The second-order valence-corrected chi connectivity index (χ2v) is 9.29. The number of carbonyl (C=O) groups excluding carboxylic acids is 1. The van der Waals surface area contributed by atoms with Crippen molar-refractivity contribution in [2.75, 3.05) is 25.5 Å². The van der Waals surface area contributed by atoms with Crippen molar-refractivity contribution in [2.45, 2.75) is 30.7 Å². The van der Waals surface area contributed by atoms with E-state index in [9.17, 15) is 18.0 Å². The van der Waals surface area contributed by atoms with Crippen LogP contribution in [0.1, 0.15) is 35.0 Å². The molecule has 0 atom stereocenters. The fourth-order valence-corrected chi connectivity index (χ4v) is 4.36. The van der Waals surface area contributed by atoms with E-state index in [0.29, 0.717) is 5.69 Å². The van der Waals surface area contributed by atoms with E-state index in [1.54, 1.807) is 11.5 Å². The lowest BCUT2D eigenvalue weighted by molar-refractivity contribution is 0.102. The Morgan fingerprint density at radius 3 is 2.48 bits per heavy atom. The van der Waals surface area contributed by atoms with Gasteiger partial charge in [0.2, 0.25) is 15.7 Å². The highest BCUT2D eigenvalue weighted by Gasteiger charge is 2.26. The molecule has 31 heavy (non-hydrogen) atoms. The Hall–Kier alpha value is -3.02. The number of nitrogens with one attached hydrogen (secondary N) is 1. The molecule has 3 N–H and O–H groups in total. The van der Waals surface area contributed by atoms with Gasteiger partial charge in [-0.05, 0) is 64.2 Å². The van der Waals surface area contributed by atoms with E-state index >= 15 is 0 Å². The molecule has 1 amide bonds. The zero-order chi connectivity index (χ0) is 22.3. The lowest BCUT2D eigenvalue weighted by Crippen LogP contribution is -2.35. The number of benzene rings is 1. The molecule has 0 spiro atoms. The molecule has 0 aliphatic carbocycles. The van der Waals surface area contributed by atoms with Crippen molar-refractivity contribution in [3.05, 3.63) is 52.3 Å². The van der Waals surface area contributed by atoms with Crippen molar-refractivity contribution >= 4 is 32.7 Å². The van der Waals surface area contributed by atoms with Crippen LogP contribution in [0.4, 0.5) is 5.69 Å². The van der Waals surface area contributed by atoms with Gasteiger partial charge in [0.15, 0.2) is 0 Å². The minimum atomic E-state index is -3.83. The molecule has 2 aromatic heterocycles. The molecule has 1 aliphatic rings. The second-order valence-electron chi connectivity index (χ2n) is 7.73. The summed E-state index contributed by atoms with van der Waals surface area (Å²) in [5, 5.41) is 7.90. The van der Waals surface area contributed by atoms with Gasteiger partial charge in [-0.25, -0.2) is 18.5 Å². The first-order chi connectivity index (χ1) is 14.6. The fraction of sp³-hybridized carbons (Fsp3) is 0.350. The van der Waals surface area contributed by atoms with E-state index in [1.165, 1.54) is 30.6 Å². The molecule has 164 valence electrons. The predicted molar refractivity (Wildman–Crippen MR) is 115 cm³/mol. The molecular weight excluding hydrogens is 422 g/mol. The molecule has 1 aromatic carbocycles. The minimum absolute atomic E-state index is 0.0115. The Labute approximate surface area is 178 Å². The topological polar surface area (TPSA) is 141 Å². The molecular formula is C20H23N5O5S. The summed E-state index contributed by atoms with van der Waals surface area (Å²) in [6, 6.07) is 5.44. The smallest absolute Gasteiger partial charge is 0.265 e. The standard InChI is InChI=1S/C20H23N5O5S/c1-12-16(18(26)23-13-3-5-15(6-4-13)31(21,28)29)17-19(30-12)22-11-25(20(17)27)14-7-9-24(2)10-8-14/h3-6,11,14H,7-10H2,1-2H3,(H,23,26)(H2,21,28,29). The Morgan fingerprint density at radius 1 is 1.23 bits per heavy atom. The van der Waals surface area contributed by atoms with Crippen LogP contribution in [-0.4, -0.2) is 48.9 Å². The highest BCUT2D eigenvalue weighted by atomic mass is 32.2. The number of nitrogens with two attached hydrogens (primary N) is 1. The van der Waals surface area contributed by atoms with Gasteiger partial charge in [-0.1, -0.05) is 0 Å². The number of furan rings is 1. The second kappa shape index (κ2) is 7.91. The number of aryl methyl sites for hydroxylation is 1. The van der Waals surface area contributed by atoms with E-state index < -0.39 is 15.9 Å². The summed E-state index contributed by atoms with van der Waals surface area (Å²) in [4.78, 5) is 32.6. The van der Waals surface area contributed by atoms with E-state index in [4.69, 9.17) is 9.56 Å². The minimum Gasteiger partial charge on any atom is -0.442 e. The molecule has 0 unspecified atom stereocenters. The normalized spacial score (nSPS) is 16.0. The molecule has 0 bridgehead atoms. The third-order valence-electron chi connectivity index (χ3n) is 5.56. The molecule has 3 aromatic rings. The Bertz CT molecular complexity index is 1300. The van der Waals surface area contributed by atoms with E-state index in [2.05, 4.69) is 15.2 Å². The number of sulfonamides is 1. The van der Waals surface area contributed by atoms with Crippen LogP contribution >= 0.6 is 0 Å². The molecule has 1 aliphatic heterocycles. The lowest BCUT2D eigenvalue weighted by atomic mass is 10.1. The number of rotatable bonds is 4. The van der Waals surface area contributed by atoms with Crippen molar-refractivity contribution in [3.8, 4) is 0 Å². The number of piperidine rings is 1. The first-order valence-corrected chi connectivity index (χ1v) is 11.3. The van der Waals surface area contributed by atoms with Gasteiger partial charge in [-0.3, -0.25) is 14.2 Å². The quantitative estimate of drug-likeness (QED) is 0.619. The number of hydrogen-bond acceptors (Lipinski definition) is 7. The highest BCUT2D eigenvalue weighted by Crippen LogP contribution is 2.25. The van der Waals surface area contributed by atoms with Gasteiger partial charge in [0.05, 0.1) is 10.5 Å². The third kappa shape index (κ3) is 4.11. The van der Waals surface area contributed by atoms with Gasteiger partial charge in [0, 0.05) is 11.7 Å². The molecule has 1 fully saturated rings. The van der Waals surface area contributed by atoms with Gasteiger partial charge < -0.3 is 14.6 Å². The molecule has 11 heteroatoms. The van der Waals surface area contributed by atoms with Crippen LogP contribution in [0.5, 0.6) is 0 Å². The van der Waals surface area contributed by atoms with Crippen molar-refractivity contribution in [2.24, 2.45) is 5.14 Å². The highest BCUT2D eigenvalue weighted by molar-refractivity contribution is 7.89. The first-order valence-electron chi connectivity index (χ1n) is 9.78. The van der Waals surface area contributed by atoms with Gasteiger partial charge >= 0.3 is 0 Å². The average Bonchev–Trinajstić information content (AvgIpc) is 3.06. The maximum absolute atomic E-state index is 13.2. The van der Waals surface area contributed by atoms with Crippen molar-refractivity contribution in [1.29, 1.82) is 0 Å². The molecule has 4 rings (SSSR count). The van der Waals surface area contributed by atoms with Crippen LogP contribution in [-0.2, 0) is 10.0 Å². The maximum atomic E-state index is 13.2. The summed E-state index contributed by atoms with van der Waals surface area (Å²) in [6.45, 7) is 3.35. The van der Waals surface area contributed by atoms with Crippen LogP contribution < -0.4 is 16.0 Å². The summed E-state index contributed by atoms with van der Waals surface area (Å²) >= 11 is 0. The van der Waals surface area contributed by atoms with Crippen LogP contribution in [0.2, 0.25) is 0 Å². The van der Waals surface area contributed by atoms with Crippen molar-refractivity contribution in [3.63, 3.8) is 0 Å². The summed E-state index contributed by atoms with van der Waals surface area (Å²) in [7, 11) is -1.80. The number of anilines is 1. The van der Waals surface area contributed by atoms with Crippen LogP contribution in [0.25, 0.3) is 11.1 Å². The summed E-state index contributed by atoms with van der Waals surface area (Å²) in [5.41, 5.74) is 0.267. The first kappa shape index (κ1) is 21.2. The Morgan fingerprint density at radius 2 is 1.87 bits per heavy atom. The SMILES string of the molecule is Cc1oc2ncn(C3CCN(C)CC3)c(=O)c2c1C(=O)Nc1ccc(S(N)(=O)=O)cc1. The largest absolute Gasteiger partial charge is 0.442 e. The maximum Gasteiger partial charge on any atom is 0.265 e. The molecule has 10 nitrogen and oxygen atoms in total. The van der Waals surface area contributed by atoms with Crippen LogP contribution in [0.15, 0.2) is 44.7 Å². The Balaban J connectivity index is 1.68. The number of amides is 1. The van der Waals surface area contributed by atoms with Gasteiger partial charge in [0.25, 0.3) is 11.5 Å². The molecule has 0 radical (unpaired) electrons. The van der Waals surface area contributed by atoms with E-state index in [-0.39, 0.29) is 38.9 Å².